The molecule has 2 aliphatic rings. The predicted octanol–water partition coefficient (Wildman–Crippen LogP) is 2.85. The van der Waals surface area contributed by atoms with Crippen molar-refractivity contribution >= 4 is 29.9 Å². The molecule has 0 aromatic rings. The van der Waals surface area contributed by atoms with Crippen LogP contribution >= 0.6 is 24.0 Å². The quantitative estimate of drug-likeness (QED) is 0.383. The molecule has 1 aliphatic carbocycles. The normalized spacial score (nSPS) is 23.5. The van der Waals surface area contributed by atoms with Crippen molar-refractivity contribution in [3.63, 3.8) is 0 Å². The van der Waals surface area contributed by atoms with Crippen molar-refractivity contribution < 1.29 is 4.74 Å². The van der Waals surface area contributed by atoms with Gasteiger partial charge in [0, 0.05) is 38.3 Å². The molecule has 2 rings (SSSR count). The Bertz CT molecular complexity index is 377. The van der Waals surface area contributed by atoms with Gasteiger partial charge in [-0.25, -0.2) is 0 Å². The lowest BCUT2D eigenvalue weighted by atomic mass is 9.80. The number of hydrogen-bond acceptors (Lipinski definition) is 3. The van der Waals surface area contributed by atoms with Crippen LogP contribution in [0.15, 0.2) is 4.99 Å². The first-order valence-corrected chi connectivity index (χ1v) is 9.37. The third kappa shape index (κ3) is 6.02. The Hall–Kier alpha value is -0.0800. The molecule has 142 valence electrons. The predicted molar refractivity (Wildman–Crippen MR) is 112 cm³/mol. The first-order valence-electron chi connectivity index (χ1n) is 9.37. The molecule has 2 N–H and O–H groups in total. The molecule has 5 nitrogen and oxygen atoms in total. The monoisotopic (exact) mass is 452 g/mol. The molecule has 0 aromatic carbocycles. The van der Waals surface area contributed by atoms with Crippen LogP contribution in [0.5, 0.6) is 0 Å². The summed E-state index contributed by atoms with van der Waals surface area (Å²) in [5, 5.41) is 7.14. The van der Waals surface area contributed by atoms with Crippen LogP contribution in [0.2, 0.25) is 0 Å². The third-order valence-corrected chi connectivity index (χ3v) is 5.64. The number of ether oxygens (including phenoxy) is 1. The summed E-state index contributed by atoms with van der Waals surface area (Å²) in [7, 11) is 1.87. The Balaban J connectivity index is 0.00000288. The Labute approximate surface area is 165 Å². The fourth-order valence-electron chi connectivity index (χ4n) is 3.68. The highest BCUT2D eigenvalue weighted by Crippen LogP contribution is 2.33. The van der Waals surface area contributed by atoms with Crippen LogP contribution in [0.3, 0.4) is 0 Å². The van der Waals surface area contributed by atoms with Crippen LogP contribution in [0, 0.1) is 5.92 Å². The number of halogens is 1. The van der Waals surface area contributed by atoms with E-state index in [-0.39, 0.29) is 29.5 Å². The van der Waals surface area contributed by atoms with Gasteiger partial charge in [-0.1, -0.05) is 33.1 Å². The maximum atomic E-state index is 5.56. The van der Waals surface area contributed by atoms with E-state index in [1.165, 1.54) is 32.1 Å². The number of aliphatic imine (C=N–C) groups is 1. The van der Waals surface area contributed by atoms with Gasteiger partial charge in [0.25, 0.3) is 0 Å². The van der Waals surface area contributed by atoms with Gasteiger partial charge in [0.2, 0.25) is 0 Å². The molecule has 0 radical (unpaired) electrons. The van der Waals surface area contributed by atoms with Crippen molar-refractivity contribution in [2.45, 2.75) is 64.5 Å². The van der Waals surface area contributed by atoms with Crippen LogP contribution in [-0.2, 0) is 4.74 Å². The standard InChI is InChI=1S/C18H36N4O.HI/c1-15(2)16(3)21-17(19-4)20-14-18(8-6-5-7-9-18)22-10-12-23-13-11-22;/h15-16H,5-14H2,1-4H3,(H2,19,20,21);1H. The summed E-state index contributed by atoms with van der Waals surface area (Å²) < 4.78 is 5.56. The van der Waals surface area contributed by atoms with Crippen molar-refractivity contribution in [2.75, 3.05) is 39.9 Å². The van der Waals surface area contributed by atoms with E-state index in [1.54, 1.807) is 0 Å². The molecule has 1 heterocycles. The zero-order valence-electron chi connectivity index (χ0n) is 15.9. The Kier molecular flexibility index (Phi) is 9.89. The van der Waals surface area contributed by atoms with E-state index in [9.17, 15) is 0 Å². The zero-order valence-corrected chi connectivity index (χ0v) is 18.3. The average Bonchev–Trinajstić information content (AvgIpc) is 2.59. The minimum absolute atomic E-state index is 0. The van der Waals surface area contributed by atoms with Crippen molar-refractivity contribution in [2.24, 2.45) is 10.9 Å². The van der Waals surface area contributed by atoms with E-state index < -0.39 is 0 Å². The van der Waals surface area contributed by atoms with Gasteiger partial charge >= 0.3 is 0 Å². The number of nitrogens with zero attached hydrogens (tertiary/aromatic N) is 2. The number of morpholine rings is 1. The lowest BCUT2D eigenvalue weighted by molar-refractivity contribution is -0.0352. The summed E-state index contributed by atoms with van der Waals surface area (Å²) in [5.41, 5.74) is 0.278. The molecule has 6 heteroatoms. The zero-order chi connectivity index (χ0) is 16.7. The Morgan fingerprint density at radius 2 is 1.75 bits per heavy atom. The summed E-state index contributed by atoms with van der Waals surface area (Å²) >= 11 is 0. The summed E-state index contributed by atoms with van der Waals surface area (Å²) in [6, 6.07) is 0.423. The van der Waals surface area contributed by atoms with E-state index in [0.717, 1.165) is 38.8 Å². The van der Waals surface area contributed by atoms with E-state index in [4.69, 9.17) is 4.74 Å². The number of guanidine groups is 1. The molecular formula is C18H37IN4O. The lowest BCUT2D eigenvalue weighted by Gasteiger charge is -2.48. The number of nitrogens with one attached hydrogen (secondary N) is 2. The van der Waals surface area contributed by atoms with Gasteiger partial charge < -0.3 is 15.4 Å². The van der Waals surface area contributed by atoms with Crippen LogP contribution in [-0.4, -0.2) is 62.3 Å². The van der Waals surface area contributed by atoms with Gasteiger partial charge in [0.15, 0.2) is 5.96 Å². The van der Waals surface area contributed by atoms with Gasteiger partial charge in [0.05, 0.1) is 13.2 Å². The highest BCUT2D eigenvalue weighted by Gasteiger charge is 2.38. The van der Waals surface area contributed by atoms with E-state index in [0.29, 0.717) is 12.0 Å². The van der Waals surface area contributed by atoms with Gasteiger partial charge in [0.1, 0.15) is 0 Å². The van der Waals surface area contributed by atoms with Gasteiger partial charge in [-0.3, -0.25) is 9.89 Å². The van der Waals surface area contributed by atoms with Crippen LogP contribution in [0.25, 0.3) is 0 Å². The van der Waals surface area contributed by atoms with Gasteiger partial charge in [-0.2, -0.15) is 0 Å². The van der Waals surface area contributed by atoms with Crippen molar-refractivity contribution in [3.8, 4) is 0 Å². The number of hydrogen-bond donors (Lipinski definition) is 2. The fourth-order valence-corrected chi connectivity index (χ4v) is 3.68. The Morgan fingerprint density at radius 1 is 1.12 bits per heavy atom. The Morgan fingerprint density at radius 3 is 2.29 bits per heavy atom. The largest absolute Gasteiger partial charge is 0.379 e. The highest BCUT2D eigenvalue weighted by molar-refractivity contribution is 14.0. The molecule has 1 saturated heterocycles. The second-order valence-electron chi connectivity index (χ2n) is 7.49. The third-order valence-electron chi connectivity index (χ3n) is 5.64. The van der Waals surface area contributed by atoms with E-state index >= 15 is 0 Å². The molecule has 0 spiro atoms. The van der Waals surface area contributed by atoms with Crippen LogP contribution in [0.4, 0.5) is 0 Å². The molecule has 0 bridgehead atoms. The van der Waals surface area contributed by atoms with Crippen LogP contribution < -0.4 is 10.6 Å². The van der Waals surface area contributed by atoms with Crippen molar-refractivity contribution in [1.82, 2.24) is 15.5 Å². The lowest BCUT2D eigenvalue weighted by Crippen LogP contribution is -2.61. The molecule has 2 fully saturated rings. The topological polar surface area (TPSA) is 48.9 Å². The minimum Gasteiger partial charge on any atom is -0.379 e. The van der Waals surface area contributed by atoms with Gasteiger partial charge in [-0.15, -0.1) is 24.0 Å². The summed E-state index contributed by atoms with van der Waals surface area (Å²) in [5.74, 6) is 1.53. The fraction of sp³-hybridized carbons (Fsp3) is 0.944. The van der Waals surface area contributed by atoms with E-state index in [1.807, 2.05) is 7.05 Å². The molecule has 1 saturated carbocycles. The van der Waals surface area contributed by atoms with Gasteiger partial charge in [-0.05, 0) is 25.7 Å². The second kappa shape index (κ2) is 10.8. The summed E-state index contributed by atoms with van der Waals surface area (Å²) in [6.45, 7) is 11.6. The second-order valence-corrected chi connectivity index (χ2v) is 7.49. The SMILES string of the molecule is CN=C(NCC1(N2CCOCC2)CCCCC1)NC(C)C(C)C.I. The molecular weight excluding hydrogens is 415 g/mol. The first-order chi connectivity index (χ1) is 11.1. The molecule has 1 aliphatic heterocycles. The van der Waals surface area contributed by atoms with Crippen LogP contribution in [0.1, 0.15) is 52.9 Å². The minimum atomic E-state index is 0. The average molecular weight is 452 g/mol. The molecule has 0 aromatic heterocycles. The van der Waals surface area contributed by atoms with E-state index in [2.05, 4.69) is 41.3 Å². The van der Waals surface area contributed by atoms with Crippen molar-refractivity contribution in [3.05, 3.63) is 0 Å². The smallest absolute Gasteiger partial charge is 0.191 e. The van der Waals surface area contributed by atoms with Crippen molar-refractivity contribution in [1.29, 1.82) is 0 Å². The maximum Gasteiger partial charge on any atom is 0.191 e. The first kappa shape index (κ1) is 22.0. The molecule has 1 unspecified atom stereocenters. The number of rotatable bonds is 5. The molecule has 1 atom stereocenters. The summed E-state index contributed by atoms with van der Waals surface area (Å²) in [4.78, 5) is 7.09. The molecule has 24 heavy (non-hydrogen) atoms. The summed E-state index contributed by atoms with van der Waals surface area (Å²) in [6.07, 6.45) is 6.64. The maximum absolute atomic E-state index is 5.56. The molecule has 0 amide bonds. The highest BCUT2D eigenvalue weighted by atomic mass is 127.